The smallest absolute Gasteiger partial charge is 1.00 e. The van der Waals surface area contributed by atoms with Crippen molar-refractivity contribution in [3.8, 4) is 0 Å². The topological polar surface area (TPSA) is 171 Å². The molecule has 0 bridgehead atoms. The van der Waals surface area contributed by atoms with Crippen LogP contribution >= 0.6 is 0 Å². The molecule has 9 N–H and O–H groups in total. The van der Waals surface area contributed by atoms with Crippen molar-refractivity contribution < 1.29 is 21.0 Å². The van der Waals surface area contributed by atoms with E-state index in [1.54, 1.807) is 0 Å². The first kappa shape index (κ1) is 33.4. The Balaban J connectivity index is -0.0000000845. The predicted molar refractivity (Wildman–Crippen MR) is 123 cm³/mol. The van der Waals surface area contributed by atoms with Gasteiger partial charge in [-0.15, -0.1) is 0 Å². The van der Waals surface area contributed by atoms with Crippen molar-refractivity contribution >= 4 is 97.5 Å². The second-order valence-electron chi connectivity index (χ2n) is 5.86. The number of nitrogens with zero attached hydrogens (tertiary/aromatic N) is 2. The molecular weight excluding hydrogens is 424 g/mol. The molecule has 4 rings (SSSR count). The van der Waals surface area contributed by atoms with Gasteiger partial charge in [-0.3, -0.25) is 0 Å². The number of H-pyrrole nitrogens is 2. The number of aryl methyl sites for hydroxylation is 2. The van der Waals surface area contributed by atoms with E-state index in [-0.39, 0.29) is 98.1 Å². The quantitative estimate of drug-likeness (QED) is 0.336. The maximum atomic E-state index is 5.46. The summed E-state index contributed by atoms with van der Waals surface area (Å²) in [6.45, 7) is 5.31. The normalized spacial score (nSPS) is 8.97. The first-order valence-electron chi connectivity index (χ1n) is 7.99. The molecule has 0 amide bonds. The van der Waals surface area contributed by atoms with Gasteiger partial charge in [0.05, 0.1) is 28.6 Å². The summed E-state index contributed by atoms with van der Waals surface area (Å²) in [5.74, 6) is 1.80. The molecule has 0 fully saturated rings. The van der Waals surface area contributed by atoms with Crippen molar-refractivity contribution in [3.05, 3.63) is 59.2 Å². The maximum absolute atomic E-state index is 5.46. The fourth-order valence-corrected chi connectivity index (χ4v) is 2.57. The van der Waals surface area contributed by atoms with Crippen LogP contribution in [0.1, 0.15) is 34.5 Å². The van der Waals surface area contributed by atoms with Gasteiger partial charge in [0.2, 0.25) is 0 Å². The third kappa shape index (κ3) is 8.78. The van der Waals surface area contributed by atoms with Gasteiger partial charge in [-0.25, -0.2) is 9.97 Å². The van der Waals surface area contributed by atoms with Gasteiger partial charge in [-0.1, -0.05) is 19.6 Å². The van der Waals surface area contributed by atoms with Crippen LogP contribution in [-0.2, 0) is 13.1 Å². The first-order valence-corrected chi connectivity index (χ1v) is 7.99. The number of fused-ring (bicyclic) bond motifs is 2. The zero-order valence-corrected chi connectivity index (χ0v) is 20.8. The first-order chi connectivity index (χ1) is 11.6. The fourth-order valence-electron chi connectivity index (χ4n) is 2.57. The Hall–Kier alpha value is -0.261. The molecular formula is C19H33Ca2N6O2+. The Kier molecular flexibility index (Phi) is 17.9. The van der Waals surface area contributed by atoms with Crippen LogP contribution in [-0.4, -0.2) is 106 Å². The molecule has 0 atom stereocenters. The van der Waals surface area contributed by atoms with Crippen LogP contribution in [0.5, 0.6) is 0 Å². The third-order valence-corrected chi connectivity index (χ3v) is 3.80. The minimum atomic E-state index is 0. The zero-order chi connectivity index (χ0) is 17.1. The van der Waals surface area contributed by atoms with Crippen LogP contribution in [0.2, 0.25) is 0 Å². The van der Waals surface area contributed by atoms with E-state index in [0.29, 0.717) is 13.1 Å². The number of nitrogens with one attached hydrogen (secondary N) is 2. The van der Waals surface area contributed by atoms with Gasteiger partial charge in [0.1, 0.15) is 12.4 Å². The SMILES string of the molecule is C.Cc1ccc2nc(CN)[nH]c2c1.Cc1ccc2nc(C[NH3+])[nH]c2c1.[2HH].[Ca+2].[Ca+2].[H-].[H-].[OH-].[OH-]. The maximum Gasteiger partial charge on any atom is 2.00 e. The van der Waals surface area contributed by atoms with Gasteiger partial charge in [-0.2, -0.15) is 0 Å². The Morgan fingerprint density at radius 1 is 0.897 bits per heavy atom. The van der Waals surface area contributed by atoms with E-state index < -0.39 is 0 Å². The van der Waals surface area contributed by atoms with E-state index in [0.717, 1.165) is 33.7 Å². The Morgan fingerprint density at radius 2 is 1.31 bits per heavy atom. The van der Waals surface area contributed by atoms with Crippen LogP contribution in [0, 0.1) is 13.8 Å². The molecule has 0 aliphatic carbocycles. The molecule has 29 heavy (non-hydrogen) atoms. The molecule has 0 saturated heterocycles. The van der Waals surface area contributed by atoms with E-state index >= 15 is 0 Å². The van der Waals surface area contributed by atoms with Crippen molar-refractivity contribution in [1.29, 1.82) is 0 Å². The summed E-state index contributed by atoms with van der Waals surface area (Å²) < 4.78 is 0. The molecule has 0 saturated carbocycles. The number of hydrogen-bond donors (Lipinski definition) is 4. The van der Waals surface area contributed by atoms with Crippen molar-refractivity contribution in [2.45, 2.75) is 34.4 Å². The molecule has 0 radical (unpaired) electrons. The minimum Gasteiger partial charge on any atom is -1.00 e. The van der Waals surface area contributed by atoms with E-state index in [4.69, 9.17) is 5.73 Å². The summed E-state index contributed by atoms with van der Waals surface area (Å²) >= 11 is 0. The van der Waals surface area contributed by atoms with Crippen molar-refractivity contribution in [2.24, 2.45) is 5.73 Å². The number of aromatic nitrogens is 4. The number of rotatable bonds is 2. The van der Waals surface area contributed by atoms with Gasteiger partial charge in [-0.05, 0) is 49.2 Å². The summed E-state index contributed by atoms with van der Waals surface area (Å²) in [6.07, 6.45) is 0. The molecule has 10 heteroatoms. The van der Waals surface area contributed by atoms with E-state index in [2.05, 4.69) is 57.7 Å². The summed E-state index contributed by atoms with van der Waals surface area (Å²) in [4.78, 5) is 15.0. The number of benzene rings is 2. The molecule has 0 aliphatic rings. The van der Waals surface area contributed by atoms with Crippen LogP contribution in [0.3, 0.4) is 0 Å². The van der Waals surface area contributed by atoms with Crippen molar-refractivity contribution in [1.82, 2.24) is 19.9 Å². The van der Waals surface area contributed by atoms with Crippen molar-refractivity contribution in [3.63, 3.8) is 0 Å². The second kappa shape index (κ2) is 15.5. The number of quaternary nitrogens is 1. The van der Waals surface area contributed by atoms with Gasteiger partial charge >= 0.3 is 75.5 Å². The molecule has 2 aromatic carbocycles. The molecule has 154 valence electrons. The second-order valence-corrected chi connectivity index (χ2v) is 5.86. The summed E-state index contributed by atoms with van der Waals surface area (Å²) in [6, 6.07) is 12.3. The Bertz CT molecular complexity index is 922. The van der Waals surface area contributed by atoms with E-state index in [1.165, 1.54) is 11.1 Å². The molecule has 0 spiro atoms. The van der Waals surface area contributed by atoms with Crippen LogP contribution in [0.15, 0.2) is 36.4 Å². The summed E-state index contributed by atoms with van der Waals surface area (Å²) in [5, 5.41) is 0. The van der Waals surface area contributed by atoms with Gasteiger partial charge < -0.3 is 35.2 Å². The zero-order valence-electron chi connectivity index (χ0n) is 18.4. The standard InChI is InChI=1S/2C9H11N3.CH4.2Ca.2H2O.H2.2H/c2*1-6-2-3-7-8(4-6)12-9(5-10)11-7;;;;;;;;/h2*2-4H,5,10H2,1H3,(H,11,12);1H4;;;2*1H2;1H;;/q;;;2*+2;;;;2*-1/p-1/i;;;;;;;1+1;;. The predicted octanol–water partition coefficient (Wildman–Crippen LogP) is 1.94. The van der Waals surface area contributed by atoms with Crippen LogP contribution < -0.4 is 11.5 Å². The number of aromatic amines is 2. The van der Waals surface area contributed by atoms with Gasteiger partial charge in [0, 0.05) is 1.43 Å². The van der Waals surface area contributed by atoms with E-state index in [9.17, 15) is 0 Å². The molecule has 4 aromatic rings. The largest absolute Gasteiger partial charge is 2.00 e. The minimum absolute atomic E-state index is 0. The number of hydrogen-bond acceptors (Lipinski definition) is 5. The monoisotopic (exact) mass is 458 g/mol. The third-order valence-electron chi connectivity index (χ3n) is 3.80. The molecule has 2 heterocycles. The Labute approximate surface area is 235 Å². The molecule has 0 unspecified atom stereocenters. The number of imidazole rings is 2. The Morgan fingerprint density at radius 3 is 1.72 bits per heavy atom. The van der Waals surface area contributed by atoms with Gasteiger partial charge in [0.25, 0.3) is 0 Å². The molecule has 2 aromatic heterocycles. The molecule has 8 nitrogen and oxygen atoms in total. The van der Waals surface area contributed by atoms with Crippen LogP contribution in [0.4, 0.5) is 0 Å². The average Bonchev–Trinajstić information content (AvgIpc) is 3.17. The summed E-state index contributed by atoms with van der Waals surface area (Å²) in [5.41, 5.74) is 15.9. The number of nitrogens with two attached hydrogens (primary N) is 1. The fraction of sp³-hybridized carbons (Fsp3) is 0.263. The molecule has 0 aliphatic heterocycles. The van der Waals surface area contributed by atoms with E-state index in [1.807, 2.05) is 18.2 Å². The summed E-state index contributed by atoms with van der Waals surface area (Å²) in [7, 11) is 0. The average molecular weight is 459 g/mol. The van der Waals surface area contributed by atoms with Crippen molar-refractivity contribution in [2.75, 3.05) is 0 Å². The van der Waals surface area contributed by atoms with Crippen LogP contribution in [0.25, 0.3) is 22.1 Å². The van der Waals surface area contributed by atoms with Gasteiger partial charge in [0.15, 0.2) is 5.82 Å².